The largest absolute Gasteiger partial charge is 0.390 e. The maximum absolute atomic E-state index is 14.5. The van der Waals surface area contributed by atoms with Gasteiger partial charge in [0, 0.05) is 37.2 Å². The van der Waals surface area contributed by atoms with E-state index in [0.29, 0.717) is 25.2 Å². The molecule has 0 saturated carbocycles. The average Bonchev–Trinajstić information content (AvgIpc) is 2.85. The number of β-amino-alcohol motifs (C(OH)–C–C–N with tert-alkyl or cyclic N) is 1. The topological polar surface area (TPSA) is 71.5 Å². The van der Waals surface area contributed by atoms with Gasteiger partial charge < -0.3 is 15.7 Å². The van der Waals surface area contributed by atoms with Crippen LogP contribution in [0.3, 0.4) is 0 Å². The summed E-state index contributed by atoms with van der Waals surface area (Å²) in [4.78, 5) is 14.2. The number of aliphatic hydroxyl groups is 1. The predicted octanol–water partition coefficient (Wildman–Crippen LogP) is 1.08. The number of aliphatic hydroxyl groups excluding tert-OH is 1. The van der Waals surface area contributed by atoms with Crippen molar-refractivity contribution in [3.8, 4) is 0 Å². The fourth-order valence-electron chi connectivity index (χ4n) is 3.86. The Labute approximate surface area is 137 Å². The summed E-state index contributed by atoms with van der Waals surface area (Å²) in [6.45, 7) is 2.69. The van der Waals surface area contributed by atoms with E-state index in [1.165, 1.54) is 17.4 Å². The van der Waals surface area contributed by atoms with Gasteiger partial charge in [-0.3, -0.25) is 9.36 Å². The third-order valence-corrected chi connectivity index (χ3v) is 6.06. The van der Waals surface area contributed by atoms with Crippen molar-refractivity contribution in [1.82, 2.24) is 9.47 Å². The Kier molecular flexibility index (Phi) is 3.76. The Morgan fingerprint density at radius 1 is 1.35 bits per heavy atom. The lowest BCUT2D eigenvalue weighted by atomic mass is 9.90. The van der Waals surface area contributed by atoms with Crippen molar-refractivity contribution in [1.29, 1.82) is 0 Å². The molecule has 1 unspecified atom stereocenters. The molecule has 3 N–H and O–H groups in total. The van der Waals surface area contributed by atoms with Gasteiger partial charge in [-0.05, 0) is 31.5 Å². The van der Waals surface area contributed by atoms with Crippen LogP contribution in [-0.4, -0.2) is 46.4 Å². The number of hydrogen-bond acceptors (Lipinski definition) is 5. The summed E-state index contributed by atoms with van der Waals surface area (Å²) in [5.74, 6) is -0.183. The first-order valence-corrected chi connectivity index (χ1v) is 8.84. The molecule has 1 fully saturated rings. The number of hydrogen-bond donors (Lipinski definition) is 2. The molecule has 5 nitrogen and oxygen atoms in total. The number of nitrogens with two attached hydrogens (primary N) is 1. The molecule has 0 aliphatic carbocycles. The second-order valence-electron chi connectivity index (χ2n) is 6.59. The smallest absolute Gasteiger partial charge is 0.308 e. The number of likely N-dealkylation sites (tertiary alicyclic amines) is 1. The molecule has 124 valence electrons. The molecule has 3 heterocycles. The zero-order chi connectivity index (χ0) is 16.1. The Balaban J connectivity index is 1.67. The molecule has 7 heteroatoms. The van der Waals surface area contributed by atoms with Crippen molar-refractivity contribution in [2.45, 2.75) is 37.5 Å². The lowest BCUT2D eigenvalue weighted by molar-refractivity contribution is 0.0496. The summed E-state index contributed by atoms with van der Waals surface area (Å²) in [6, 6.07) is 3.00. The number of halogens is 1. The molecule has 0 amide bonds. The Hall–Kier alpha value is -1.28. The number of piperidine rings is 1. The third-order valence-electron chi connectivity index (χ3n) is 5.12. The van der Waals surface area contributed by atoms with Gasteiger partial charge >= 0.3 is 4.87 Å². The van der Waals surface area contributed by atoms with Crippen molar-refractivity contribution in [3.05, 3.63) is 33.2 Å². The summed E-state index contributed by atoms with van der Waals surface area (Å²) >= 11 is 1.19. The first kappa shape index (κ1) is 15.3. The molecule has 3 atom stereocenters. The van der Waals surface area contributed by atoms with Gasteiger partial charge in [-0.25, -0.2) is 4.39 Å². The van der Waals surface area contributed by atoms with Gasteiger partial charge in [-0.1, -0.05) is 11.3 Å². The Bertz CT molecular complexity index is 802. The summed E-state index contributed by atoms with van der Waals surface area (Å²) in [6.07, 6.45) is 0.981. The quantitative estimate of drug-likeness (QED) is 0.860. The van der Waals surface area contributed by atoms with E-state index in [1.807, 2.05) is 0 Å². The van der Waals surface area contributed by atoms with E-state index < -0.39 is 6.10 Å². The number of aromatic nitrogens is 1. The van der Waals surface area contributed by atoms with Crippen molar-refractivity contribution >= 4 is 21.6 Å². The molecule has 4 rings (SSSR count). The van der Waals surface area contributed by atoms with Crippen LogP contribution in [-0.2, 0) is 6.54 Å². The first-order valence-electron chi connectivity index (χ1n) is 8.02. The molecule has 1 saturated heterocycles. The van der Waals surface area contributed by atoms with E-state index in [1.54, 1.807) is 10.6 Å². The average molecular weight is 337 g/mol. The highest BCUT2D eigenvalue weighted by atomic mass is 32.1. The number of thiazole rings is 1. The molecular weight excluding hydrogens is 317 g/mol. The zero-order valence-corrected chi connectivity index (χ0v) is 13.6. The van der Waals surface area contributed by atoms with E-state index in [4.69, 9.17) is 5.73 Å². The van der Waals surface area contributed by atoms with Gasteiger partial charge in [0.25, 0.3) is 0 Å². The summed E-state index contributed by atoms with van der Waals surface area (Å²) in [5.41, 5.74) is 7.28. The summed E-state index contributed by atoms with van der Waals surface area (Å²) in [7, 11) is 0. The highest BCUT2D eigenvalue weighted by Crippen LogP contribution is 2.36. The minimum atomic E-state index is -0.521. The second-order valence-corrected chi connectivity index (χ2v) is 7.59. The lowest BCUT2D eigenvalue weighted by Crippen LogP contribution is -2.51. The molecule has 2 aliphatic rings. The third kappa shape index (κ3) is 2.52. The molecule has 1 aromatic carbocycles. The van der Waals surface area contributed by atoms with E-state index in [9.17, 15) is 14.3 Å². The van der Waals surface area contributed by atoms with Crippen molar-refractivity contribution in [3.63, 3.8) is 0 Å². The molecule has 23 heavy (non-hydrogen) atoms. The highest BCUT2D eigenvalue weighted by molar-refractivity contribution is 7.16. The van der Waals surface area contributed by atoms with Crippen LogP contribution in [0.15, 0.2) is 16.9 Å². The minimum absolute atomic E-state index is 0.00957. The molecule has 1 aromatic heterocycles. The van der Waals surface area contributed by atoms with Gasteiger partial charge in [0.1, 0.15) is 5.82 Å². The number of rotatable bonds is 2. The van der Waals surface area contributed by atoms with Gasteiger partial charge in [0.05, 0.1) is 16.3 Å². The maximum atomic E-state index is 14.5. The van der Waals surface area contributed by atoms with Crippen LogP contribution in [0, 0.1) is 5.82 Å². The minimum Gasteiger partial charge on any atom is -0.390 e. The van der Waals surface area contributed by atoms with Crippen LogP contribution in [0.1, 0.15) is 24.3 Å². The number of aryl methyl sites for hydroxylation is 1. The lowest BCUT2D eigenvalue weighted by Gasteiger charge is -2.37. The summed E-state index contributed by atoms with van der Waals surface area (Å²) in [5, 5.41) is 9.96. The maximum Gasteiger partial charge on any atom is 0.308 e. The second kappa shape index (κ2) is 5.66. The molecule has 0 bridgehead atoms. The fraction of sp³-hybridized carbons (Fsp3) is 0.562. The SMILES string of the molecule is N[C@H]1CCN(CC2CCn3c(=O)sc4ccc(F)c2c43)C[C@H]1O. The first-order chi connectivity index (χ1) is 11.0. The highest BCUT2D eigenvalue weighted by Gasteiger charge is 2.31. The summed E-state index contributed by atoms with van der Waals surface area (Å²) < 4.78 is 17.0. The zero-order valence-electron chi connectivity index (χ0n) is 12.7. The van der Waals surface area contributed by atoms with Gasteiger partial charge in [0.15, 0.2) is 0 Å². The molecule has 2 aromatic rings. The van der Waals surface area contributed by atoms with Crippen molar-refractivity contribution < 1.29 is 9.50 Å². The van der Waals surface area contributed by atoms with Crippen LogP contribution < -0.4 is 10.6 Å². The van der Waals surface area contributed by atoms with Gasteiger partial charge in [-0.2, -0.15) is 0 Å². The number of benzene rings is 1. The monoisotopic (exact) mass is 337 g/mol. The molecule has 2 aliphatic heterocycles. The Morgan fingerprint density at radius 3 is 2.96 bits per heavy atom. The van der Waals surface area contributed by atoms with E-state index in [0.717, 1.165) is 29.6 Å². The van der Waals surface area contributed by atoms with Crippen LogP contribution in [0.25, 0.3) is 10.2 Å². The predicted molar refractivity (Wildman–Crippen MR) is 88.4 cm³/mol. The van der Waals surface area contributed by atoms with Gasteiger partial charge in [0.2, 0.25) is 0 Å². The van der Waals surface area contributed by atoms with E-state index in [2.05, 4.69) is 4.90 Å². The van der Waals surface area contributed by atoms with Crippen molar-refractivity contribution in [2.75, 3.05) is 19.6 Å². The Morgan fingerprint density at radius 2 is 2.17 bits per heavy atom. The van der Waals surface area contributed by atoms with E-state index >= 15 is 0 Å². The number of nitrogens with zero attached hydrogens (tertiary/aromatic N) is 2. The van der Waals surface area contributed by atoms with Crippen LogP contribution >= 0.6 is 11.3 Å². The van der Waals surface area contributed by atoms with Crippen LogP contribution in [0.4, 0.5) is 4.39 Å². The van der Waals surface area contributed by atoms with Crippen LogP contribution in [0.2, 0.25) is 0 Å². The van der Waals surface area contributed by atoms with Crippen LogP contribution in [0.5, 0.6) is 0 Å². The fourth-order valence-corrected chi connectivity index (χ4v) is 4.79. The van der Waals surface area contributed by atoms with Crippen molar-refractivity contribution in [2.24, 2.45) is 5.73 Å². The van der Waals surface area contributed by atoms with E-state index in [-0.39, 0.29) is 22.6 Å². The molecule has 0 spiro atoms. The molecule has 0 radical (unpaired) electrons. The standard InChI is InChI=1S/C16H20FN3O2S/c17-10-1-2-13-15-14(10)9(3-6-20(15)16(22)23-13)7-19-5-4-11(18)12(21)8-19/h1-2,9,11-12,21H,3-8,18H2/t9?,11-,12+/m0/s1. The van der Waals surface area contributed by atoms with Gasteiger partial charge in [-0.15, -0.1) is 0 Å². The normalized spacial score (nSPS) is 28.4. The molecular formula is C16H20FN3O2S.